The molecule has 3 rings (SSSR count). The molecule has 0 atom stereocenters. The maximum absolute atomic E-state index is 13.0. The Morgan fingerprint density at radius 1 is 1.13 bits per heavy atom. The lowest BCUT2D eigenvalue weighted by molar-refractivity contribution is -0.126. The van der Waals surface area contributed by atoms with E-state index in [0.29, 0.717) is 36.6 Å². The summed E-state index contributed by atoms with van der Waals surface area (Å²) in [6.45, 7) is 6.38. The summed E-state index contributed by atoms with van der Waals surface area (Å²) >= 11 is 0. The minimum Gasteiger partial charge on any atom is -0.493 e. The smallest absolute Gasteiger partial charge is 0.264 e. The summed E-state index contributed by atoms with van der Waals surface area (Å²) in [4.78, 5) is 17.0. The molecule has 0 bridgehead atoms. The standard InChI is InChI=1S/C25H27N3O3/c1-4-8-20-15-19(17-23(30-2)24(20)31-3)16-21(18-26)25(29)28-13-11-27(12-14-28)22-9-6-5-7-10-22/h4-7,9-10,15-17H,1,8,11-14H2,2-3H3/b21-16-. The van der Waals surface area contributed by atoms with Crippen molar-refractivity contribution >= 4 is 17.7 Å². The molecule has 1 heterocycles. The van der Waals surface area contributed by atoms with E-state index in [9.17, 15) is 10.1 Å². The number of benzene rings is 2. The maximum Gasteiger partial charge on any atom is 0.264 e. The number of allylic oxidation sites excluding steroid dienone is 1. The largest absolute Gasteiger partial charge is 0.493 e. The fourth-order valence-corrected chi connectivity index (χ4v) is 3.74. The molecule has 0 aliphatic carbocycles. The third-order valence-electron chi connectivity index (χ3n) is 5.29. The molecule has 2 aromatic carbocycles. The van der Waals surface area contributed by atoms with Crippen LogP contribution in [-0.4, -0.2) is 51.2 Å². The first-order valence-electron chi connectivity index (χ1n) is 10.2. The highest BCUT2D eigenvalue weighted by Gasteiger charge is 2.24. The van der Waals surface area contributed by atoms with Crippen molar-refractivity contribution in [2.24, 2.45) is 0 Å². The van der Waals surface area contributed by atoms with Gasteiger partial charge in [0.2, 0.25) is 0 Å². The summed E-state index contributed by atoms with van der Waals surface area (Å²) in [7, 11) is 3.14. The summed E-state index contributed by atoms with van der Waals surface area (Å²) in [5.41, 5.74) is 2.84. The zero-order valence-corrected chi connectivity index (χ0v) is 18.0. The topological polar surface area (TPSA) is 65.8 Å². The number of methoxy groups -OCH3 is 2. The van der Waals surface area contributed by atoms with Crippen LogP contribution < -0.4 is 14.4 Å². The number of carbonyl (C=O) groups excluding carboxylic acids is 1. The van der Waals surface area contributed by atoms with Gasteiger partial charge < -0.3 is 19.3 Å². The van der Waals surface area contributed by atoms with Crippen LogP contribution in [0.2, 0.25) is 0 Å². The van der Waals surface area contributed by atoms with Gasteiger partial charge in [-0.15, -0.1) is 6.58 Å². The number of rotatable bonds is 7. The van der Waals surface area contributed by atoms with E-state index in [1.54, 1.807) is 37.3 Å². The van der Waals surface area contributed by atoms with Crippen LogP contribution in [0.3, 0.4) is 0 Å². The quantitative estimate of drug-likeness (QED) is 0.391. The molecule has 1 amide bonds. The van der Waals surface area contributed by atoms with Gasteiger partial charge >= 0.3 is 0 Å². The van der Waals surface area contributed by atoms with Gasteiger partial charge in [0.15, 0.2) is 11.5 Å². The van der Waals surface area contributed by atoms with E-state index >= 15 is 0 Å². The molecule has 1 aliphatic rings. The molecular formula is C25H27N3O3. The Labute approximate surface area is 183 Å². The van der Waals surface area contributed by atoms with Crippen molar-refractivity contribution < 1.29 is 14.3 Å². The van der Waals surface area contributed by atoms with Gasteiger partial charge in [0.1, 0.15) is 11.6 Å². The second kappa shape index (κ2) is 10.4. The molecule has 0 saturated carbocycles. The van der Waals surface area contributed by atoms with Crippen LogP contribution in [0.4, 0.5) is 5.69 Å². The normalized spacial score (nSPS) is 14.0. The third-order valence-corrected chi connectivity index (χ3v) is 5.29. The van der Waals surface area contributed by atoms with Gasteiger partial charge in [-0.25, -0.2) is 0 Å². The van der Waals surface area contributed by atoms with Crippen molar-refractivity contribution in [2.75, 3.05) is 45.3 Å². The predicted octanol–water partition coefficient (Wildman–Crippen LogP) is 3.69. The highest BCUT2D eigenvalue weighted by Crippen LogP contribution is 2.34. The average Bonchev–Trinajstić information content (AvgIpc) is 2.82. The second-order valence-electron chi connectivity index (χ2n) is 7.19. The first-order chi connectivity index (χ1) is 15.1. The molecule has 6 nitrogen and oxygen atoms in total. The summed E-state index contributed by atoms with van der Waals surface area (Å²) in [5, 5.41) is 9.67. The Morgan fingerprint density at radius 2 is 1.84 bits per heavy atom. The Morgan fingerprint density at radius 3 is 2.42 bits per heavy atom. The van der Waals surface area contributed by atoms with Gasteiger partial charge in [0.05, 0.1) is 14.2 Å². The molecule has 0 aromatic heterocycles. The lowest BCUT2D eigenvalue weighted by Crippen LogP contribution is -2.49. The number of amides is 1. The Bertz CT molecular complexity index is 1000. The maximum atomic E-state index is 13.0. The van der Waals surface area contributed by atoms with E-state index in [0.717, 1.165) is 24.3 Å². The summed E-state index contributed by atoms with van der Waals surface area (Å²) in [6, 6.07) is 15.9. The van der Waals surface area contributed by atoms with Crippen LogP contribution in [0.5, 0.6) is 11.5 Å². The average molecular weight is 418 g/mol. The lowest BCUT2D eigenvalue weighted by Gasteiger charge is -2.36. The number of ether oxygens (including phenoxy) is 2. The van der Waals surface area contributed by atoms with Gasteiger partial charge in [-0.2, -0.15) is 5.26 Å². The van der Waals surface area contributed by atoms with Gasteiger partial charge in [0.25, 0.3) is 5.91 Å². The molecule has 0 spiro atoms. The molecule has 0 unspecified atom stereocenters. The summed E-state index contributed by atoms with van der Waals surface area (Å²) in [5.74, 6) is 0.922. The third kappa shape index (κ3) is 5.07. The molecule has 1 fully saturated rings. The lowest BCUT2D eigenvalue weighted by atomic mass is 10.0. The van der Waals surface area contributed by atoms with Crippen molar-refractivity contribution in [1.29, 1.82) is 5.26 Å². The number of anilines is 1. The first-order valence-corrected chi connectivity index (χ1v) is 10.2. The monoisotopic (exact) mass is 417 g/mol. The molecule has 2 aromatic rings. The van der Waals surface area contributed by atoms with Crippen LogP contribution in [0.25, 0.3) is 6.08 Å². The summed E-state index contributed by atoms with van der Waals surface area (Å²) in [6.07, 6.45) is 3.96. The molecule has 31 heavy (non-hydrogen) atoms. The first kappa shape index (κ1) is 22.0. The molecule has 160 valence electrons. The minimum absolute atomic E-state index is 0.102. The molecule has 1 aliphatic heterocycles. The van der Waals surface area contributed by atoms with Gasteiger partial charge in [-0.05, 0) is 42.3 Å². The fourth-order valence-electron chi connectivity index (χ4n) is 3.74. The number of nitrogens with zero attached hydrogens (tertiary/aromatic N) is 3. The van der Waals surface area contributed by atoms with Crippen molar-refractivity contribution in [2.45, 2.75) is 6.42 Å². The van der Waals surface area contributed by atoms with E-state index in [4.69, 9.17) is 9.47 Å². The van der Waals surface area contributed by atoms with E-state index in [1.807, 2.05) is 24.3 Å². The summed E-state index contributed by atoms with van der Waals surface area (Å²) < 4.78 is 10.9. The van der Waals surface area contributed by atoms with Crippen LogP contribution in [0.15, 0.2) is 60.7 Å². The van der Waals surface area contributed by atoms with Gasteiger partial charge in [0, 0.05) is 37.4 Å². The van der Waals surface area contributed by atoms with Crippen molar-refractivity contribution in [1.82, 2.24) is 4.90 Å². The predicted molar refractivity (Wildman–Crippen MR) is 122 cm³/mol. The van der Waals surface area contributed by atoms with Crippen LogP contribution in [-0.2, 0) is 11.2 Å². The zero-order chi connectivity index (χ0) is 22.2. The van der Waals surface area contributed by atoms with Crippen molar-refractivity contribution in [3.63, 3.8) is 0 Å². The van der Waals surface area contributed by atoms with E-state index in [2.05, 4.69) is 29.7 Å². The van der Waals surface area contributed by atoms with Crippen LogP contribution in [0, 0.1) is 11.3 Å². The minimum atomic E-state index is -0.254. The number of hydrogen-bond acceptors (Lipinski definition) is 5. The number of nitriles is 1. The Hall–Kier alpha value is -3.72. The van der Waals surface area contributed by atoms with E-state index < -0.39 is 0 Å². The van der Waals surface area contributed by atoms with Gasteiger partial charge in [-0.3, -0.25) is 4.79 Å². The van der Waals surface area contributed by atoms with E-state index in [-0.39, 0.29) is 11.5 Å². The highest BCUT2D eigenvalue weighted by atomic mass is 16.5. The SMILES string of the molecule is C=CCc1cc(/C=C(/C#N)C(=O)N2CCN(c3ccccc3)CC2)cc(OC)c1OC. The highest BCUT2D eigenvalue weighted by molar-refractivity contribution is 6.02. The van der Waals surface area contributed by atoms with Crippen LogP contribution >= 0.6 is 0 Å². The number of para-hydroxylation sites is 1. The fraction of sp³-hybridized carbons (Fsp3) is 0.280. The number of hydrogen-bond donors (Lipinski definition) is 0. The molecule has 0 radical (unpaired) electrons. The van der Waals surface area contributed by atoms with Gasteiger partial charge in [-0.1, -0.05) is 24.3 Å². The van der Waals surface area contributed by atoms with Crippen molar-refractivity contribution in [3.05, 3.63) is 71.8 Å². The Kier molecular flexibility index (Phi) is 7.34. The van der Waals surface area contributed by atoms with Crippen molar-refractivity contribution in [3.8, 4) is 17.6 Å². The second-order valence-corrected chi connectivity index (χ2v) is 7.19. The molecule has 1 saturated heterocycles. The molecular weight excluding hydrogens is 390 g/mol. The molecule has 0 N–H and O–H groups in total. The van der Waals surface area contributed by atoms with E-state index in [1.165, 1.54) is 0 Å². The van der Waals surface area contributed by atoms with Crippen LogP contribution in [0.1, 0.15) is 11.1 Å². The Balaban J connectivity index is 1.79. The number of piperazine rings is 1. The number of carbonyl (C=O) groups is 1. The zero-order valence-electron chi connectivity index (χ0n) is 18.0. The molecule has 6 heteroatoms.